The molecule has 0 fully saturated rings. The maximum Gasteiger partial charge on any atom is 0.200 e. The first-order chi connectivity index (χ1) is 30.5. The highest BCUT2D eigenvalue weighted by Crippen LogP contribution is 2.58. The van der Waals surface area contributed by atoms with Gasteiger partial charge >= 0.3 is 0 Å². The zero-order valence-electron chi connectivity index (χ0n) is 33.1. The molecule has 0 nitrogen and oxygen atoms in total. The molecule has 0 N–H and O–H groups in total. The molecule has 17 heteroatoms. The Morgan fingerprint density at radius 1 is 0.328 bits per heavy atom. The van der Waals surface area contributed by atoms with Crippen molar-refractivity contribution in [1.29, 1.82) is 0 Å². The second kappa shape index (κ2) is 19.4. The average Bonchev–Trinajstić information content (AvgIpc) is 3.32. The van der Waals surface area contributed by atoms with Crippen molar-refractivity contribution in [2.75, 3.05) is 0 Å². The molecule has 0 amide bonds. The molecule has 0 spiro atoms. The number of unbranched alkanes of at least 4 members (excludes halogenated alkanes) is 1. The van der Waals surface area contributed by atoms with Crippen molar-refractivity contribution in [2.45, 2.75) is 32.2 Å². The van der Waals surface area contributed by atoms with Crippen LogP contribution in [0, 0.1) is 87.3 Å². The third-order valence-corrected chi connectivity index (χ3v) is 15.4. The summed E-state index contributed by atoms with van der Waals surface area (Å²) >= 11 is 0. The zero-order chi connectivity index (χ0) is 46.7. The van der Waals surface area contributed by atoms with Crippen LogP contribution in [0.1, 0.15) is 25.3 Å². The molecular weight excluding hydrogens is 891 g/mol. The smallest absolute Gasteiger partial charge is 0.200 e. The van der Waals surface area contributed by atoms with Crippen molar-refractivity contribution in [1.82, 2.24) is 0 Å². The fraction of sp³-hybridized carbons (Fsp3) is 0.106. The lowest BCUT2D eigenvalue weighted by Gasteiger charge is -2.44. The van der Waals surface area contributed by atoms with E-state index in [1.165, 1.54) is 28.4 Å². The monoisotopic (exact) mass is 922 g/mol. The first-order valence-corrected chi connectivity index (χ1v) is 21.3. The van der Waals surface area contributed by atoms with Gasteiger partial charge in [0.15, 0.2) is 52.4 Å². The second-order valence-electron chi connectivity index (χ2n) is 14.6. The van der Waals surface area contributed by atoms with Gasteiger partial charge < -0.3 is 0 Å². The van der Waals surface area contributed by atoms with Crippen molar-refractivity contribution in [2.24, 2.45) is 0 Å². The fourth-order valence-electron chi connectivity index (χ4n) is 8.17. The van der Waals surface area contributed by atoms with E-state index >= 15 is 26.3 Å². The molecule has 0 bridgehead atoms. The third-order valence-electron chi connectivity index (χ3n) is 11.1. The highest BCUT2D eigenvalue weighted by molar-refractivity contribution is 7.95. The number of halogens is 15. The Hall–Kier alpha value is -6.02. The number of hydrogen-bond acceptors (Lipinski definition) is 0. The molecular formula is C47H31BF15P. The van der Waals surface area contributed by atoms with E-state index < -0.39 is 130 Å². The molecule has 0 atom stereocenters. The molecule has 7 aromatic carbocycles. The van der Waals surface area contributed by atoms with Gasteiger partial charge in [0.25, 0.3) is 0 Å². The minimum atomic E-state index is -5.41. The van der Waals surface area contributed by atoms with E-state index in [2.05, 4.69) is 121 Å². The van der Waals surface area contributed by atoms with E-state index in [0.717, 1.165) is 6.16 Å². The highest BCUT2D eigenvalue weighted by atomic mass is 31.2. The molecule has 0 radical (unpaired) electrons. The van der Waals surface area contributed by atoms with Crippen molar-refractivity contribution >= 4 is 45.7 Å². The zero-order valence-corrected chi connectivity index (χ0v) is 34.0. The van der Waals surface area contributed by atoms with Gasteiger partial charge in [-0.05, 0) is 42.0 Å². The van der Waals surface area contributed by atoms with Crippen LogP contribution in [0.15, 0.2) is 121 Å². The Labute approximate surface area is 357 Å². The predicted molar refractivity (Wildman–Crippen MR) is 218 cm³/mol. The summed E-state index contributed by atoms with van der Waals surface area (Å²) in [6, 6.07) is 44.0. The maximum atomic E-state index is 15.1. The van der Waals surface area contributed by atoms with Crippen LogP contribution >= 0.6 is 7.26 Å². The standard InChI is InChI=1S/C25H22P.C22H9BF15/c1-5-13-22(14-6-1)21-26(23-15-7-2-8-16-23,24-17-9-3-10-18-24)25-19-11-4-12-20-25;1-2-3-4-23(5-8(24)14(30)20(36)15(31)9(5)25,6-10(26)16(32)21(37)17(33)11(6)27)7-12(28)18(34)22(38)19(35)13(7)29/h1-20H,21H2;2-4H2,1H3/q+1;-1. The normalized spacial score (nSPS) is 11.7. The van der Waals surface area contributed by atoms with Crippen molar-refractivity contribution < 1.29 is 65.9 Å². The van der Waals surface area contributed by atoms with Gasteiger partial charge in [0.05, 0.1) is 6.16 Å². The van der Waals surface area contributed by atoms with Gasteiger partial charge in [0, 0.05) is 0 Å². The molecule has 7 aromatic rings. The van der Waals surface area contributed by atoms with Gasteiger partial charge in [-0.3, -0.25) is 0 Å². The van der Waals surface area contributed by atoms with E-state index in [-0.39, 0.29) is 6.42 Å². The molecule has 0 heterocycles. The molecule has 0 saturated heterocycles. The van der Waals surface area contributed by atoms with Crippen LogP contribution in [0.25, 0.3) is 0 Å². The van der Waals surface area contributed by atoms with Gasteiger partial charge in [0.2, 0.25) is 0 Å². The molecule has 64 heavy (non-hydrogen) atoms. The van der Waals surface area contributed by atoms with E-state index in [9.17, 15) is 39.5 Å². The summed E-state index contributed by atoms with van der Waals surface area (Å²) in [5, 5.41) is 4.30. The topological polar surface area (TPSA) is 0 Å². The lowest BCUT2D eigenvalue weighted by molar-refractivity contribution is 0.379. The Bertz CT molecular complexity index is 2440. The molecule has 7 rings (SSSR count). The number of hydrogen-bond donors (Lipinski definition) is 0. The van der Waals surface area contributed by atoms with Gasteiger partial charge in [-0.25, -0.2) is 65.9 Å². The van der Waals surface area contributed by atoms with E-state index in [1.54, 1.807) is 0 Å². The summed E-state index contributed by atoms with van der Waals surface area (Å²) in [6.07, 6.45) is -7.11. The fourth-order valence-corrected chi connectivity index (χ4v) is 12.4. The Morgan fingerprint density at radius 2 is 0.562 bits per heavy atom. The average molecular weight is 923 g/mol. The molecule has 0 unspecified atom stereocenters. The van der Waals surface area contributed by atoms with Gasteiger partial charge in [0.1, 0.15) is 64.2 Å². The van der Waals surface area contributed by atoms with Crippen LogP contribution in [-0.4, -0.2) is 6.15 Å². The Balaban J connectivity index is 0.000000227. The van der Waals surface area contributed by atoms with Crippen LogP contribution in [0.4, 0.5) is 65.9 Å². The molecule has 0 aliphatic rings. The summed E-state index contributed by atoms with van der Waals surface area (Å²) in [4.78, 5) is 0. The quantitative estimate of drug-likeness (QED) is 0.0399. The SMILES string of the molecule is CCCC[B-](c1c(F)c(F)c(F)c(F)c1F)(c1c(F)c(F)c(F)c(F)c1F)c1c(F)c(F)c(F)c(F)c1F.c1ccc(C[P+](c2ccccc2)(c2ccccc2)c2ccccc2)cc1. The minimum Gasteiger partial charge on any atom is -0.207 e. The first kappa shape index (κ1) is 47.5. The summed E-state index contributed by atoms with van der Waals surface area (Å²) < 4.78 is 217. The molecule has 0 aliphatic carbocycles. The molecule has 0 aliphatic heterocycles. The third kappa shape index (κ3) is 8.16. The van der Waals surface area contributed by atoms with Crippen LogP contribution < -0.4 is 32.3 Å². The Morgan fingerprint density at radius 3 is 0.812 bits per heavy atom. The van der Waals surface area contributed by atoms with Crippen molar-refractivity contribution in [3.63, 3.8) is 0 Å². The second-order valence-corrected chi connectivity index (χ2v) is 18.1. The lowest BCUT2D eigenvalue weighted by atomic mass is 9.13. The number of rotatable bonds is 11. The lowest BCUT2D eigenvalue weighted by Crippen LogP contribution is -2.73. The summed E-state index contributed by atoms with van der Waals surface area (Å²) in [6.45, 7) is 1.18. The van der Waals surface area contributed by atoms with Crippen molar-refractivity contribution in [3.8, 4) is 0 Å². The van der Waals surface area contributed by atoms with Crippen LogP contribution in [0.3, 0.4) is 0 Å². The number of benzene rings is 7. The predicted octanol–water partition coefficient (Wildman–Crippen LogP) is 11.2. The van der Waals surface area contributed by atoms with Gasteiger partial charge in [-0.1, -0.05) is 105 Å². The summed E-state index contributed by atoms with van der Waals surface area (Å²) in [5.41, 5.74) is -6.32. The molecule has 332 valence electrons. The first-order valence-electron chi connectivity index (χ1n) is 19.3. The van der Waals surface area contributed by atoms with E-state index in [0.29, 0.717) is 0 Å². The van der Waals surface area contributed by atoms with Gasteiger partial charge in [-0.2, -0.15) is 6.32 Å². The van der Waals surface area contributed by atoms with Crippen LogP contribution in [0.5, 0.6) is 0 Å². The van der Waals surface area contributed by atoms with Crippen LogP contribution in [-0.2, 0) is 6.16 Å². The van der Waals surface area contributed by atoms with Crippen molar-refractivity contribution in [3.05, 3.63) is 214 Å². The van der Waals surface area contributed by atoms with E-state index in [4.69, 9.17) is 0 Å². The molecule has 0 aromatic heterocycles. The Kier molecular flexibility index (Phi) is 14.4. The van der Waals surface area contributed by atoms with Crippen LogP contribution in [0.2, 0.25) is 6.32 Å². The molecule has 0 saturated carbocycles. The minimum absolute atomic E-state index is 0.316. The van der Waals surface area contributed by atoms with E-state index in [1.807, 2.05) is 0 Å². The highest BCUT2D eigenvalue weighted by Gasteiger charge is 2.48. The summed E-state index contributed by atoms with van der Waals surface area (Å²) in [5.74, 6) is -44.7. The summed E-state index contributed by atoms with van der Waals surface area (Å²) in [7, 11) is -1.78. The van der Waals surface area contributed by atoms with Gasteiger partial charge in [-0.15, -0.1) is 16.4 Å². The largest absolute Gasteiger partial charge is 0.207 e. The maximum absolute atomic E-state index is 15.1.